The second kappa shape index (κ2) is 4.96. The van der Waals surface area contributed by atoms with Gasteiger partial charge >= 0.3 is 0 Å². The Labute approximate surface area is 117 Å². The fourth-order valence-electron chi connectivity index (χ4n) is 2.63. The summed E-state index contributed by atoms with van der Waals surface area (Å²) in [5.41, 5.74) is 7.67. The number of nitrogens with one attached hydrogen (secondary N) is 1. The van der Waals surface area contributed by atoms with Gasteiger partial charge in [-0.2, -0.15) is 5.10 Å². The van der Waals surface area contributed by atoms with Gasteiger partial charge in [-0.15, -0.1) is 0 Å². The zero-order valence-electron chi connectivity index (χ0n) is 11.6. The summed E-state index contributed by atoms with van der Waals surface area (Å²) in [5.74, 6) is 2.45. The number of hydrogen-bond acceptors (Lipinski definition) is 5. The number of rotatable bonds is 3. The van der Waals surface area contributed by atoms with Crippen molar-refractivity contribution in [2.75, 3.05) is 31.8 Å². The van der Waals surface area contributed by atoms with Crippen LogP contribution < -0.4 is 20.5 Å². The molecular weight excluding hydrogens is 256 g/mol. The topological polar surface area (TPSA) is 74.3 Å². The summed E-state index contributed by atoms with van der Waals surface area (Å²) >= 11 is 0. The lowest BCUT2D eigenvalue weighted by Crippen LogP contribution is -2.25. The number of nitrogens with two attached hydrogens (primary N) is 1. The minimum atomic E-state index is 0.115. The summed E-state index contributed by atoms with van der Waals surface area (Å²) in [7, 11) is 3.31. The second-order valence-electron chi connectivity index (χ2n) is 4.73. The van der Waals surface area contributed by atoms with Gasteiger partial charge in [-0.25, -0.2) is 4.68 Å². The van der Waals surface area contributed by atoms with E-state index in [1.807, 2.05) is 22.9 Å². The molecule has 0 saturated carbocycles. The zero-order valence-corrected chi connectivity index (χ0v) is 11.6. The SMILES string of the molecule is COc1ccc(C2CCNc3c(N)cnn32)c(OC)c1. The molecule has 1 atom stereocenters. The number of nitrogens with zero attached hydrogens (tertiary/aromatic N) is 2. The van der Waals surface area contributed by atoms with Crippen LogP contribution in [0.3, 0.4) is 0 Å². The van der Waals surface area contributed by atoms with Crippen LogP contribution >= 0.6 is 0 Å². The van der Waals surface area contributed by atoms with Crippen molar-refractivity contribution in [3.8, 4) is 11.5 Å². The smallest absolute Gasteiger partial charge is 0.148 e. The number of hydrogen-bond donors (Lipinski definition) is 2. The van der Waals surface area contributed by atoms with E-state index in [4.69, 9.17) is 15.2 Å². The predicted molar refractivity (Wildman–Crippen MR) is 77.4 cm³/mol. The molecule has 1 aliphatic rings. The van der Waals surface area contributed by atoms with Crippen molar-refractivity contribution >= 4 is 11.5 Å². The Balaban J connectivity index is 2.06. The molecule has 2 heterocycles. The minimum absolute atomic E-state index is 0.115. The van der Waals surface area contributed by atoms with E-state index in [1.165, 1.54) is 0 Å². The van der Waals surface area contributed by atoms with Crippen molar-refractivity contribution in [1.82, 2.24) is 9.78 Å². The molecule has 0 amide bonds. The maximum Gasteiger partial charge on any atom is 0.148 e. The fraction of sp³-hybridized carbons (Fsp3) is 0.357. The van der Waals surface area contributed by atoms with Gasteiger partial charge in [0.15, 0.2) is 0 Å². The van der Waals surface area contributed by atoms with Crippen molar-refractivity contribution in [1.29, 1.82) is 0 Å². The summed E-state index contributed by atoms with van der Waals surface area (Å²) in [6.07, 6.45) is 2.60. The molecule has 1 aromatic heterocycles. The Morgan fingerprint density at radius 1 is 1.35 bits per heavy atom. The van der Waals surface area contributed by atoms with Crippen LogP contribution in [0, 0.1) is 0 Å². The molecule has 0 spiro atoms. The predicted octanol–water partition coefficient (Wildman–Crippen LogP) is 1.89. The highest BCUT2D eigenvalue weighted by molar-refractivity contribution is 5.62. The molecule has 0 radical (unpaired) electrons. The monoisotopic (exact) mass is 274 g/mol. The van der Waals surface area contributed by atoms with E-state index >= 15 is 0 Å². The molecule has 0 aliphatic carbocycles. The Hall–Kier alpha value is -2.37. The first-order valence-corrected chi connectivity index (χ1v) is 6.53. The number of ether oxygens (including phenoxy) is 2. The van der Waals surface area contributed by atoms with Gasteiger partial charge in [0.25, 0.3) is 0 Å². The number of methoxy groups -OCH3 is 2. The van der Waals surface area contributed by atoms with Crippen LogP contribution in [0.2, 0.25) is 0 Å². The largest absolute Gasteiger partial charge is 0.497 e. The number of fused-ring (bicyclic) bond motifs is 1. The van der Waals surface area contributed by atoms with E-state index in [9.17, 15) is 0 Å². The van der Waals surface area contributed by atoms with Crippen LogP contribution in [0.1, 0.15) is 18.0 Å². The summed E-state index contributed by atoms with van der Waals surface area (Å²) < 4.78 is 12.6. The van der Waals surface area contributed by atoms with E-state index in [0.29, 0.717) is 5.69 Å². The molecule has 1 unspecified atom stereocenters. The fourth-order valence-corrected chi connectivity index (χ4v) is 2.63. The lowest BCUT2D eigenvalue weighted by molar-refractivity contribution is 0.379. The highest BCUT2D eigenvalue weighted by atomic mass is 16.5. The van der Waals surface area contributed by atoms with E-state index in [0.717, 1.165) is 35.8 Å². The Morgan fingerprint density at radius 3 is 2.95 bits per heavy atom. The molecule has 2 aromatic rings. The van der Waals surface area contributed by atoms with Crippen molar-refractivity contribution in [3.05, 3.63) is 30.0 Å². The molecule has 1 aromatic carbocycles. The molecule has 6 nitrogen and oxygen atoms in total. The average molecular weight is 274 g/mol. The van der Waals surface area contributed by atoms with Gasteiger partial charge in [0.2, 0.25) is 0 Å². The Morgan fingerprint density at radius 2 is 2.20 bits per heavy atom. The van der Waals surface area contributed by atoms with Crippen molar-refractivity contribution in [3.63, 3.8) is 0 Å². The highest BCUT2D eigenvalue weighted by Gasteiger charge is 2.26. The molecule has 3 N–H and O–H groups in total. The third kappa shape index (κ3) is 1.93. The Kier molecular flexibility index (Phi) is 3.14. The van der Waals surface area contributed by atoms with Crippen LogP contribution in [-0.2, 0) is 0 Å². The van der Waals surface area contributed by atoms with Crippen LogP contribution in [0.25, 0.3) is 0 Å². The number of anilines is 2. The Bertz CT molecular complexity index is 624. The molecule has 0 fully saturated rings. The van der Waals surface area contributed by atoms with Gasteiger partial charge < -0.3 is 20.5 Å². The van der Waals surface area contributed by atoms with Crippen molar-refractivity contribution in [2.24, 2.45) is 0 Å². The van der Waals surface area contributed by atoms with Gasteiger partial charge in [-0.3, -0.25) is 0 Å². The number of nitrogen functional groups attached to an aromatic ring is 1. The first-order valence-electron chi connectivity index (χ1n) is 6.53. The van der Waals surface area contributed by atoms with E-state index in [-0.39, 0.29) is 6.04 Å². The van der Waals surface area contributed by atoms with Gasteiger partial charge in [-0.05, 0) is 18.6 Å². The summed E-state index contributed by atoms with van der Waals surface area (Å²) in [4.78, 5) is 0. The summed E-state index contributed by atoms with van der Waals surface area (Å²) in [5, 5.41) is 7.66. The van der Waals surface area contributed by atoms with Crippen LogP contribution in [0.4, 0.5) is 11.5 Å². The summed E-state index contributed by atoms with van der Waals surface area (Å²) in [6, 6.07) is 5.97. The molecule has 6 heteroatoms. The van der Waals surface area contributed by atoms with E-state index in [1.54, 1.807) is 20.4 Å². The van der Waals surface area contributed by atoms with Crippen LogP contribution in [-0.4, -0.2) is 30.5 Å². The minimum Gasteiger partial charge on any atom is -0.497 e. The number of benzene rings is 1. The quantitative estimate of drug-likeness (QED) is 0.894. The van der Waals surface area contributed by atoms with Crippen LogP contribution in [0.5, 0.6) is 11.5 Å². The maximum absolute atomic E-state index is 5.92. The third-order valence-corrected chi connectivity index (χ3v) is 3.63. The van der Waals surface area contributed by atoms with E-state index < -0.39 is 0 Å². The van der Waals surface area contributed by atoms with Crippen molar-refractivity contribution < 1.29 is 9.47 Å². The molecular formula is C14H18N4O2. The molecule has 0 saturated heterocycles. The summed E-state index contributed by atoms with van der Waals surface area (Å²) in [6.45, 7) is 0.857. The van der Waals surface area contributed by atoms with Crippen molar-refractivity contribution in [2.45, 2.75) is 12.5 Å². The van der Waals surface area contributed by atoms with Crippen LogP contribution in [0.15, 0.2) is 24.4 Å². The standard InChI is InChI=1S/C14H18N4O2/c1-19-9-3-4-10(13(7-9)20-2)12-5-6-16-14-11(15)8-17-18(12)14/h3-4,7-8,12,16H,5-6,15H2,1-2H3. The van der Waals surface area contributed by atoms with Gasteiger partial charge in [-0.1, -0.05) is 0 Å². The second-order valence-corrected chi connectivity index (χ2v) is 4.73. The van der Waals surface area contributed by atoms with Gasteiger partial charge in [0.05, 0.1) is 32.1 Å². The normalized spacial score (nSPS) is 17.2. The zero-order chi connectivity index (χ0) is 14.1. The number of aromatic nitrogens is 2. The lowest BCUT2D eigenvalue weighted by atomic mass is 10.0. The van der Waals surface area contributed by atoms with Gasteiger partial charge in [0.1, 0.15) is 17.3 Å². The lowest BCUT2D eigenvalue weighted by Gasteiger charge is -2.27. The first-order chi connectivity index (χ1) is 9.74. The molecule has 1 aliphatic heterocycles. The van der Waals surface area contributed by atoms with Gasteiger partial charge in [0, 0.05) is 18.2 Å². The maximum atomic E-state index is 5.92. The molecule has 0 bridgehead atoms. The molecule has 3 rings (SSSR count). The average Bonchev–Trinajstić information content (AvgIpc) is 2.88. The highest BCUT2D eigenvalue weighted by Crippen LogP contribution is 2.37. The third-order valence-electron chi connectivity index (χ3n) is 3.63. The molecule has 20 heavy (non-hydrogen) atoms. The first kappa shape index (κ1) is 12.7. The van der Waals surface area contributed by atoms with E-state index in [2.05, 4.69) is 10.4 Å². The molecule has 106 valence electrons.